The number of hydrogen-bond acceptors (Lipinski definition) is 3. The van der Waals surface area contributed by atoms with Gasteiger partial charge in [0, 0.05) is 9.37 Å². The second kappa shape index (κ2) is 5.98. The monoisotopic (exact) mass is 357 g/mol. The molecule has 0 aliphatic carbocycles. The normalized spacial score (nSPS) is 11.3. The van der Waals surface area contributed by atoms with E-state index in [0.717, 1.165) is 9.37 Å². The fraction of sp³-hybridized carbons (Fsp3) is 0.0769. The number of hydrogen-bond donors (Lipinski definition) is 1. The molecule has 3 nitrogen and oxygen atoms in total. The van der Waals surface area contributed by atoms with Gasteiger partial charge in [0.25, 0.3) is 10.0 Å². The average molecular weight is 358 g/mol. The van der Waals surface area contributed by atoms with Gasteiger partial charge in [0.2, 0.25) is 0 Å². The first-order valence-corrected chi connectivity index (χ1v) is 8.94. The first-order valence-electron chi connectivity index (χ1n) is 5.44. The molecule has 0 unspecified atom stereocenters. The Hall–Kier alpha value is -0.980. The van der Waals surface area contributed by atoms with Gasteiger partial charge in [-0.2, -0.15) is 0 Å². The van der Waals surface area contributed by atoms with Crippen molar-refractivity contribution in [2.75, 3.05) is 11.0 Å². The Kier molecular flexibility index (Phi) is 4.54. The molecule has 0 saturated carbocycles. The van der Waals surface area contributed by atoms with Gasteiger partial charge >= 0.3 is 0 Å². The van der Waals surface area contributed by atoms with Crippen LogP contribution >= 0.6 is 27.7 Å². The largest absolute Gasteiger partial charge is 0.278 e. The number of anilines is 1. The van der Waals surface area contributed by atoms with Gasteiger partial charge in [-0.25, -0.2) is 8.42 Å². The lowest BCUT2D eigenvalue weighted by molar-refractivity contribution is 0.601. The van der Waals surface area contributed by atoms with Crippen molar-refractivity contribution >= 4 is 43.4 Å². The Morgan fingerprint density at radius 1 is 1.11 bits per heavy atom. The molecule has 2 rings (SSSR count). The SMILES string of the molecule is CSc1ccccc1NS(=O)(=O)c1cccc(Br)c1. The maximum absolute atomic E-state index is 12.3. The predicted octanol–water partition coefficient (Wildman–Crippen LogP) is 3.97. The van der Waals surface area contributed by atoms with Crippen molar-refractivity contribution in [1.29, 1.82) is 0 Å². The summed E-state index contributed by atoms with van der Waals surface area (Å²) >= 11 is 4.77. The third-order valence-electron chi connectivity index (χ3n) is 2.46. The Labute approximate surface area is 125 Å². The Morgan fingerprint density at radius 3 is 2.53 bits per heavy atom. The molecule has 2 aromatic rings. The van der Waals surface area contributed by atoms with E-state index in [2.05, 4.69) is 20.7 Å². The van der Waals surface area contributed by atoms with Gasteiger partial charge in [-0.1, -0.05) is 34.1 Å². The van der Waals surface area contributed by atoms with Crippen LogP contribution in [0.5, 0.6) is 0 Å². The van der Waals surface area contributed by atoms with E-state index in [9.17, 15) is 8.42 Å². The van der Waals surface area contributed by atoms with E-state index in [4.69, 9.17) is 0 Å². The number of benzene rings is 2. The summed E-state index contributed by atoms with van der Waals surface area (Å²) in [7, 11) is -3.56. The van der Waals surface area contributed by atoms with E-state index < -0.39 is 10.0 Å². The van der Waals surface area contributed by atoms with E-state index in [1.165, 1.54) is 11.8 Å². The number of nitrogens with one attached hydrogen (secondary N) is 1. The standard InChI is InChI=1S/C13H12BrNO2S2/c1-18-13-8-3-2-7-12(13)15-19(16,17)11-6-4-5-10(14)9-11/h2-9,15H,1H3. The van der Waals surface area contributed by atoms with Crippen molar-refractivity contribution in [3.05, 3.63) is 53.0 Å². The van der Waals surface area contributed by atoms with Gasteiger partial charge in [0.05, 0.1) is 10.6 Å². The molecule has 2 aromatic carbocycles. The highest BCUT2D eigenvalue weighted by atomic mass is 79.9. The Bertz CT molecular complexity index is 687. The quantitative estimate of drug-likeness (QED) is 0.842. The maximum Gasteiger partial charge on any atom is 0.261 e. The summed E-state index contributed by atoms with van der Waals surface area (Å²) in [5, 5.41) is 0. The topological polar surface area (TPSA) is 46.2 Å². The minimum absolute atomic E-state index is 0.234. The zero-order valence-electron chi connectivity index (χ0n) is 10.1. The lowest BCUT2D eigenvalue weighted by Gasteiger charge is -2.11. The molecule has 1 N–H and O–H groups in total. The van der Waals surface area contributed by atoms with Crippen LogP contribution in [0, 0.1) is 0 Å². The fourth-order valence-electron chi connectivity index (χ4n) is 1.57. The number of sulfonamides is 1. The van der Waals surface area contributed by atoms with E-state index in [0.29, 0.717) is 5.69 Å². The third-order valence-corrected chi connectivity index (χ3v) is 5.11. The molecule has 0 spiro atoms. The van der Waals surface area contributed by atoms with E-state index in [-0.39, 0.29) is 4.90 Å². The van der Waals surface area contributed by atoms with Gasteiger partial charge < -0.3 is 0 Å². The van der Waals surface area contributed by atoms with Crippen LogP contribution in [-0.2, 0) is 10.0 Å². The van der Waals surface area contributed by atoms with Crippen LogP contribution in [0.4, 0.5) is 5.69 Å². The molecule has 0 saturated heterocycles. The molecule has 0 amide bonds. The van der Waals surface area contributed by atoms with Crippen molar-refractivity contribution in [2.45, 2.75) is 9.79 Å². The number of halogens is 1. The molecule has 19 heavy (non-hydrogen) atoms. The fourth-order valence-corrected chi connectivity index (χ4v) is 3.86. The van der Waals surface area contributed by atoms with Crippen molar-refractivity contribution < 1.29 is 8.42 Å². The van der Waals surface area contributed by atoms with E-state index in [1.54, 1.807) is 36.4 Å². The van der Waals surface area contributed by atoms with Crippen molar-refractivity contribution in [3.8, 4) is 0 Å². The van der Waals surface area contributed by atoms with Crippen molar-refractivity contribution in [2.24, 2.45) is 0 Å². The summed E-state index contributed by atoms with van der Waals surface area (Å²) in [5.74, 6) is 0. The smallest absolute Gasteiger partial charge is 0.261 e. The van der Waals surface area contributed by atoms with Crippen molar-refractivity contribution in [1.82, 2.24) is 0 Å². The zero-order valence-corrected chi connectivity index (χ0v) is 13.3. The highest BCUT2D eigenvalue weighted by molar-refractivity contribution is 9.10. The minimum atomic E-state index is -3.56. The van der Waals surface area contributed by atoms with Crippen LogP contribution in [0.15, 0.2) is 62.8 Å². The lowest BCUT2D eigenvalue weighted by Crippen LogP contribution is -2.13. The van der Waals surface area contributed by atoms with Crippen LogP contribution in [-0.4, -0.2) is 14.7 Å². The van der Waals surface area contributed by atoms with E-state index in [1.807, 2.05) is 18.4 Å². The molecule has 6 heteroatoms. The first kappa shape index (κ1) is 14.4. The molecule has 100 valence electrons. The average Bonchev–Trinajstić information content (AvgIpc) is 2.39. The Balaban J connectivity index is 2.37. The second-order valence-corrected chi connectivity index (χ2v) is 7.21. The summed E-state index contributed by atoms with van der Waals surface area (Å²) in [4.78, 5) is 1.12. The van der Waals surface area contributed by atoms with Crippen LogP contribution in [0.3, 0.4) is 0 Å². The second-order valence-electron chi connectivity index (χ2n) is 3.76. The van der Waals surface area contributed by atoms with Gasteiger partial charge in [0.1, 0.15) is 0 Å². The summed E-state index contributed by atoms with van der Waals surface area (Å²) in [6, 6.07) is 13.9. The van der Waals surface area contributed by atoms with Crippen LogP contribution < -0.4 is 4.72 Å². The summed E-state index contributed by atoms with van der Waals surface area (Å²) in [6.45, 7) is 0. The molecule has 0 bridgehead atoms. The lowest BCUT2D eigenvalue weighted by atomic mass is 10.3. The molecule has 0 fully saturated rings. The zero-order chi connectivity index (χ0) is 13.9. The van der Waals surface area contributed by atoms with Crippen LogP contribution in [0.25, 0.3) is 0 Å². The molecule has 0 aliphatic rings. The molecule has 0 heterocycles. The highest BCUT2D eigenvalue weighted by Gasteiger charge is 2.15. The molecule has 0 aliphatic heterocycles. The van der Waals surface area contributed by atoms with Gasteiger partial charge in [0.15, 0.2) is 0 Å². The highest BCUT2D eigenvalue weighted by Crippen LogP contribution is 2.27. The molecular formula is C13H12BrNO2S2. The van der Waals surface area contributed by atoms with Crippen LogP contribution in [0.2, 0.25) is 0 Å². The third kappa shape index (κ3) is 3.52. The minimum Gasteiger partial charge on any atom is -0.278 e. The van der Waals surface area contributed by atoms with Crippen LogP contribution in [0.1, 0.15) is 0 Å². The first-order chi connectivity index (χ1) is 9.03. The number of para-hydroxylation sites is 1. The number of thioether (sulfide) groups is 1. The molecule has 0 radical (unpaired) electrons. The summed E-state index contributed by atoms with van der Waals surface area (Å²) < 4.78 is 27.9. The summed E-state index contributed by atoms with van der Waals surface area (Å²) in [6.07, 6.45) is 1.91. The molecule has 0 aromatic heterocycles. The molecular weight excluding hydrogens is 346 g/mol. The van der Waals surface area contributed by atoms with Gasteiger partial charge in [-0.15, -0.1) is 11.8 Å². The Morgan fingerprint density at radius 2 is 1.84 bits per heavy atom. The van der Waals surface area contributed by atoms with Gasteiger partial charge in [-0.3, -0.25) is 4.72 Å². The predicted molar refractivity (Wildman–Crippen MR) is 83.2 cm³/mol. The maximum atomic E-state index is 12.3. The number of rotatable bonds is 4. The molecule has 0 atom stereocenters. The van der Waals surface area contributed by atoms with Crippen molar-refractivity contribution in [3.63, 3.8) is 0 Å². The summed E-state index contributed by atoms with van der Waals surface area (Å²) in [5.41, 5.74) is 0.593. The van der Waals surface area contributed by atoms with Gasteiger partial charge in [-0.05, 0) is 36.6 Å². The van der Waals surface area contributed by atoms with E-state index >= 15 is 0 Å².